The second kappa shape index (κ2) is 10.1. The molecule has 1 saturated carbocycles. The normalized spacial score (nSPS) is 17.6. The summed E-state index contributed by atoms with van der Waals surface area (Å²) < 4.78 is 16.0. The summed E-state index contributed by atoms with van der Waals surface area (Å²) >= 11 is 0. The van der Waals surface area contributed by atoms with Gasteiger partial charge in [-0.25, -0.2) is 0 Å². The number of nitrogens with one attached hydrogen (secondary N) is 1. The number of nitrogens with zero attached hydrogens (tertiary/aromatic N) is 1. The highest BCUT2D eigenvalue weighted by atomic mass is 16.5. The minimum absolute atomic E-state index is 0.456. The van der Waals surface area contributed by atoms with Gasteiger partial charge >= 0.3 is 0 Å². The Morgan fingerprint density at radius 2 is 1.95 bits per heavy atom. The second-order valence-electron chi connectivity index (χ2n) is 5.30. The number of nitriles is 1. The Bertz CT molecular complexity index is 289. The molecule has 0 bridgehead atoms. The second-order valence-corrected chi connectivity index (χ2v) is 5.30. The average molecular weight is 284 g/mol. The number of rotatable bonds is 13. The summed E-state index contributed by atoms with van der Waals surface area (Å²) in [5.41, 5.74) is -0.479. The molecule has 1 aliphatic rings. The maximum Gasteiger partial charge on any atom is 0.133 e. The lowest BCUT2D eigenvalue weighted by molar-refractivity contribution is 0.0392. The smallest absolute Gasteiger partial charge is 0.133 e. The molecule has 5 heteroatoms. The van der Waals surface area contributed by atoms with Crippen LogP contribution in [0.2, 0.25) is 0 Å². The van der Waals surface area contributed by atoms with E-state index in [1.54, 1.807) is 7.11 Å². The highest BCUT2D eigenvalue weighted by molar-refractivity contribution is 5.15. The standard InChI is InChI=1S/C15H28N2O3/c1-3-7-17-15(12-16,14-5-6-14)13-20-9-4-8-19-11-10-18-2/h14,17H,3-11,13H2,1-2H3. The number of methoxy groups -OCH3 is 1. The molecule has 1 fully saturated rings. The van der Waals surface area contributed by atoms with E-state index >= 15 is 0 Å². The fourth-order valence-electron chi connectivity index (χ4n) is 2.14. The van der Waals surface area contributed by atoms with Crippen molar-refractivity contribution in [3.05, 3.63) is 0 Å². The predicted octanol–water partition coefficient (Wildman–Crippen LogP) is 1.73. The largest absolute Gasteiger partial charge is 0.382 e. The quantitative estimate of drug-likeness (QED) is 0.522. The zero-order valence-corrected chi connectivity index (χ0v) is 12.8. The summed E-state index contributed by atoms with van der Waals surface area (Å²) in [6.45, 7) is 6.02. The van der Waals surface area contributed by atoms with Crippen LogP contribution in [0.1, 0.15) is 32.6 Å². The Hall–Kier alpha value is -0.670. The van der Waals surface area contributed by atoms with Crippen LogP contribution in [0.5, 0.6) is 0 Å². The molecule has 0 aromatic carbocycles. The number of ether oxygens (including phenoxy) is 3. The van der Waals surface area contributed by atoms with Gasteiger partial charge in [-0.1, -0.05) is 6.92 Å². The van der Waals surface area contributed by atoms with Crippen molar-refractivity contribution in [3.8, 4) is 6.07 Å². The first kappa shape index (κ1) is 17.4. The van der Waals surface area contributed by atoms with Gasteiger partial charge < -0.3 is 14.2 Å². The molecule has 0 saturated heterocycles. The van der Waals surface area contributed by atoms with Crippen molar-refractivity contribution < 1.29 is 14.2 Å². The Kier molecular flexibility index (Phi) is 8.79. The Labute approximate surface area is 122 Å². The number of hydrogen-bond donors (Lipinski definition) is 1. The summed E-state index contributed by atoms with van der Waals surface area (Å²) in [5, 5.41) is 12.9. The summed E-state index contributed by atoms with van der Waals surface area (Å²) in [6, 6.07) is 2.45. The molecule has 0 aliphatic heterocycles. The molecule has 20 heavy (non-hydrogen) atoms. The van der Waals surface area contributed by atoms with Gasteiger partial charge in [-0.3, -0.25) is 5.32 Å². The zero-order chi connectivity index (χ0) is 14.7. The van der Waals surface area contributed by atoms with E-state index in [9.17, 15) is 5.26 Å². The summed E-state index contributed by atoms with van der Waals surface area (Å²) in [7, 11) is 1.66. The van der Waals surface area contributed by atoms with Gasteiger partial charge in [0.15, 0.2) is 0 Å². The third kappa shape index (κ3) is 6.19. The highest BCUT2D eigenvalue weighted by Crippen LogP contribution is 2.39. The average Bonchev–Trinajstić information content (AvgIpc) is 3.30. The minimum Gasteiger partial charge on any atom is -0.382 e. The van der Waals surface area contributed by atoms with Gasteiger partial charge in [-0.05, 0) is 38.1 Å². The number of hydrogen-bond acceptors (Lipinski definition) is 5. The van der Waals surface area contributed by atoms with Crippen LogP contribution in [0.3, 0.4) is 0 Å². The predicted molar refractivity (Wildman–Crippen MR) is 77.5 cm³/mol. The van der Waals surface area contributed by atoms with E-state index < -0.39 is 5.54 Å². The molecule has 1 unspecified atom stereocenters. The van der Waals surface area contributed by atoms with Gasteiger partial charge in [0.05, 0.1) is 25.9 Å². The summed E-state index contributed by atoms with van der Waals surface area (Å²) in [5.74, 6) is 0.456. The molecular weight excluding hydrogens is 256 g/mol. The maximum atomic E-state index is 9.48. The molecule has 5 nitrogen and oxygen atoms in total. The van der Waals surface area contributed by atoms with Gasteiger partial charge in [-0.15, -0.1) is 0 Å². The van der Waals surface area contributed by atoms with Gasteiger partial charge in [0, 0.05) is 20.3 Å². The summed E-state index contributed by atoms with van der Waals surface area (Å²) in [4.78, 5) is 0. The van der Waals surface area contributed by atoms with Crippen LogP contribution in [0, 0.1) is 17.2 Å². The topological polar surface area (TPSA) is 63.5 Å². The van der Waals surface area contributed by atoms with Gasteiger partial charge in [0.25, 0.3) is 0 Å². The van der Waals surface area contributed by atoms with E-state index in [2.05, 4.69) is 18.3 Å². The van der Waals surface area contributed by atoms with Crippen molar-refractivity contribution in [1.29, 1.82) is 5.26 Å². The van der Waals surface area contributed by atoms with Crippen LogP contribution in [0.4, 0.5) is 0 Å². The molecule has 0 radical (unpaired) electrons. The van der Waals surface area contributed by atoms with E-state index in [0.717, 1.165) is 32.2 Å². The minimum atomic E-state index is -0.479. The molecule has 1 aliphatic carbocycles. The van der Waals surface area contributed by atoms with Crippen molar-refractivity contribution in [2.75, 3.05) is 46.7 Å². The van der Waals surface area contributed by atoms with Gasteiger partial charge in [0.1, 0.15) is 5.54 Å². The Morgan fingerprint density at radius 1 is 1.20 bits per heavy atom. The molecule has 0 amide bonds. The molecule has 0 heterocycles. The lowest BCUT2D eigenvalue weighted by Gasteiger charge is -2.27. The van der Waals surface area contributed by atoms with Crippen LogP contribution in [0.25, 0.3) is 0 Å². The van der Waals surface area contributed by atoms with E-state index in [0.29, 0.717) is 39.0 Å². The van der Waals surface area contributed by atoms with E-state index in [4.69, 9.17) is 14.2 Å². The molecule has 0 spiro atoms. The van der Waals surface area contributed by atoms with Gasteiger partial charge in [0.2, 0.25) is 0 Å². The van der Waals surface area contributed by atoms with E-state index in [1.165, 1.54) is 0 Å². The lowest BCUT2D eigenvalue weighted by atomic mass is 9.96. The van der Waals surface area contributed by atoms with Crippen molar-refractivity contribution in [1.82, 2.24) is 5.32 Å². The van der Waals surface area contributed by atoms with Crippen LogP contribution >= 0.6 is 0 Å². The molecular formula is C15H28N2O3. The molecule has 0 aromatic heterocycles. The first-order chi connectivity index (χ1) is 9.79. The summed E-state index contributed by atoms with van der Waals surface area (Å²) in [6.07, 6.45) is 4.15. The molecule has 1 N–H and O–H groups in total. The Balaban J connectivity index is 2.14. The van der Waals surface area contributed by atoms with Gasteiger partial charge in [-0.2, -0.15) is 5.26 Å². The monoisotopic (exact) mass is 284 g/mol. The third-order valence-electron chi connectivity index (χ3n) is 3.50. The SMILES string of the molecule is CCCNC(C#N)(COCCCOCCOC)C1CC1. The van der Waals surface area contributed by atoms with Crippen molar-refractivity contribution in [2.45, 2.75) is 38.1 Å². The Morgan fingerprint density at radius 3 is 2.55 bits per heavy atom. The van der Waals surface area contributed by atoms with Crippen LogP contribution in [-0.4, -0.2) is 52.2 Å². The first-order valence-corrected chi connectivity index (χ1v) is 7.59. The van der Waals surface area contributed by atoms with Crippen molar-refractivity contribution in [3.63, 3.8) is 0 Å². The van der Waals surface area contributed by atoms with Crippen molar-refractivity contribution >= 4 is 0 Å². The molecule has 116 valence electrons. The van der Waals surface area contributed by atoms with Crippen LogP contribution in [0.15, 0.2) is 0 Å². The fraction of sp³-hybridized carbons (Fsp3) is 0.933. The van der Waals surface area contributed by atoms with Crippen LogP contribution < -0.4 is 5.32 Å². The molecule has 1 rings (SSSR count). The molecule has 0 aromatic rings. The van der Waals surface area contributed by atoms with E-state index in [-0.39, 0.29) is 0 Å². The van der Waals surface area contributed by atoms with E-state index in [1.807, 2.05) is 0 Å². The van der Waals surface area contributed by atoms with Crippen molar-refractivity contribution in [2.24, 2.45) is 5.92 Å². The molecule has 1 atom stereocenters. The zero-order valence-electron chi connectivity index (χ0n) is 12.8. The fourth-order valence-corrected chi connectivity index (χ4v) is 2.14. The van der Waals surface area contributed by atoms with Crippen LogP contribution in [-0.2, 0) is 14.2 Å². The lowest BCUT2D eigenvalue weighted by Crippen LogP contribution is -2.50. The maximum absolute atomic E-state index is 9.48. The highest BCUT2D eigenvalue weighted by Gasteiger charge is 2.45. The third-order valence-corrected chi connectivity index (χ3v) is 3.50. The first-order valence-electron chi connectivity index (χ1n) is 7.59.